The smallest absolute Gasteiger partial charge is 0.234 e. The molecule has 1 fully saturated rings. The van der Waals surface area contributed by atoms with Crippen LogP contribution in [0.1, 0.15) is 28.0 Å². The first-order valence-corrected chi connectivity index (χ1v) is 7.72. The van der Waals surface area contributed by atoms with E-state index in [2.05, 4.69) is 0 Å². The van der Waals surface area contributed by atoms with Crippen molar-refractivity contribution in [1.29, 1.82) is 0 Å². The van der Waals surface area contributed by atoms with E-state index in [4.69, 9.17) is 4.42 Å². The molecule has 1 aromatic carbocycles. The van der Waals surface area contributed by atoms with Gasteiger partial charge in [0.15, 0.2) is 0 Å². The molecule has 3 nitrogen and oxygen atoms in total. The second-order valence-electron chi connectivity index (χ2n) is 5.06. The van der Waals surface area contributed by atoms with Crippen molar-refractivity contribution in [2.75, 3.05) is 5.75 Å². The Morgan fingerprint density at radius 3 is 2.70 bits per heavy atom. The summed E-state index contributed by atoms with van der Waals surface area (Å²) in [5.41, 5.74) is 2.29. The van der Waals surface area contributed by atoms with Crippen LogP contribution in [0.5, 0.6) is 0 Å². The fourth-order valence-corrected chi connectivity index (χ4v) is 3.48. The number of furan rings is 1. The number of carbonyl (C=O) groups excluding carboxylic acids is 1. The molecule has 1 aromatic heterocycles. The maximum Gasteiger partial charge on any atom is 0.234 e. The lowest BCUT2D eigenvalue weighted by molar-refractivity contribution is -0.128. The van der Waals surface area contributed by atoms with Gasteiger partial charge in [-0.15, -0.1) is 11.8 Å². The van der Waals surface area contributed by atoms with E-state index in [1.165, 1.54) is 0 Å². The predicted octanol–water partition coefficient (Wildman–Crippen LogP) is 3.67. The van der Waals surface area contributed by atoms with Crippen LogP contribution in [0.15, 0.2) is 40.8 Å². The molecule has 1 aliphatic heterocycles. The molecule has 1 aliphatic rings. The summed E-state index contributed by atoms with van der Waals surface area (Å²) in [6.07, 6.45) is 0. The molecular weight excluding hydrogens is 270 g/mol. The number of nitrogens with zero attached hydrogens (tertiary/aromatic N) is 1. The van der Waals surface area contributed by atoms with Crippen molar-refractivity contribution in [2.24, 2.45) is 0 Å². The van der Waals surface area contributed by atoms with E-state index in [0.29, 0.717) is 12.3 Å². The van der Waals surface area contributed by atoms with Crippen molar-refractivity contribution in [3.05, 3.63) is 59.0 Å². The summed E-state index contributed by atoms with van der Waals surface area (Å²) in [6, 6.07) is 12.1. The summed E-state index contributed by atoms with van der Waals surface area (Å²) in [5, 5.41) is -0.00453. The maximum atomic E-state index is 12.1. The molecule has 1 atom stereocenters. The van der Waals surface area contributed by atoms with E-state index in [-0.39, 0.29) is 11.3 Å². The molecular formula is C16H17NO2S. The molecule has 4 heteroatoms. The first-order chi connectivity index (χ1) is 9.65. The summed E-state index contributed by atoms with van der Waals surface area (Å²) in [7, 11) is 0. The Labute approximate surface area is 123 Å². The van der Waals surface area contributed by atoms with E-state index in [1.54, 1.807) is 11.8 Å². The third kappa shape index (κ3) is 2.48. The molecule has 104 valence electrons. The summed E-state index contributed by atoms with van der Waals surface area (Å²) in [4.78, 5) is 14.0. The van der Waals surface area contributed by atoms with Gasteiger partial charge in [0, 0.05) is 6.54 Å². The van der Waals surface area contributed by atoms with E-state index >= 15 is 0 Å². The number of thioether (sulfide) groups is 1. The normalized spacial score (nSPS) is 18.8. The van der Waals surface area contributed by atoms with Crippen molar-refractivity contribution in [1.82, 2.24) is 4.90 Å². The largest absolute Gasteiger partial charge is 0.463 e. The highest BCUT2D eigenvalue weighted by molar-refractivity contribution is 8.00. The minimum atomic E-state index is -0.00453. The Kier molecular flexibility index (Phi) is 3.57. The molecule has 0 spiro atoms. The van der Waals surface area contributed by atoms with Crippen LogP contribution in [-0.4, -0.2) is 16.6 Å². The number of hydrogen-bond donors (Lipinski definition) is 0. The summed E-state index contributed by atoms with van der Waals surface area (Å²) in [6.45, 7) is 4.63. The molecule has 20 heavy (non-hydrogen) atoms. The minimum absolute atomic E-state index is 0.00453. The minimum Gasteiger partial charge on any atom is -0.463 e. The first kappa shape index (κ1) is 13.3. The van der Waals surface area contributed by atoms with Crippen molar-refractivity contribution in [2.45, 2.75) is 25.8 Å². The van der Waals surface area contributed by atoms with E-state index in [9.17, 15) is 4.79 Å². The van der Waals surface area contributed by atoms with Gasteiger partial charge in [0.2, 0.25) is 5.91 Å². The summed E-state index contributed by atoms with van der Waals surface area (Å²) in [5.74, 6) is 2.51. The van der Waals surface area contributed by atoms with E-state index in [0.717, 1.165) is 22.6 Å². The van der Waals surface area contributed by atoms with Gasteiger partial charge in [-0.1, -0.05) is 30.3 Å². The van der Waals surface area contributed by atoms with Crippen molar-refractivity contribution < 1.29 is 9.21 Å². The summed E-state index contributed by atoms with van der Waals surface area (Å²) < 4.78 is 5.80. The maximum absolute atomic E-state index is 12.1. The van der Waals surface area contributed by atoms with Crippen LogP contribution in [-0.2, 0) is 11.3 Å². The average Bonchev–Trinajstić information content (AvgIpc) is 2.96. The predicted molar refractivity (Wildman–Crippen MR) is 80.4 cm³/mol. The van der Waals surface area contributed by atoms with Gasteiger partial charge >= 0.3 is 0 Å². The highest BCUT2D eigenvalue weighted by Crippen LogP contribution is 2.40. The monoisotopic (exact) mass is 287 g/mol. The van der Waals surface area contributed by atoms with Gasteiger partial charge in [0.1, 0.15) is 16.9 Å². The van der Waals surface area contributed by atoms with E-state index in [1.807, 2.05) is 55.1 Å². The van der Waals surface area contributed by atoms with Gasteiger partial charge in [-0.2, -0.15) is 0 Å². The molecule has 2 aromatic rings. The first-order valence-electron chi connectivity index (χ1n) is 6.67. The molecule has 1 unspecified atom stereocenters. The van der Waals surface area contributed by atoms with Crippen molar-refractivity contribution in [3.8, 4) is 0 Å². The number of benzene rings is 1. The molecule has 0 radical (unpaired) electrons. The van der Waals surface area contributed by atoms with Crippen molar-refractivity contribution >= 4 is 17.7 Å². The number of carbonyl (C=O) groups is 1. The fraction of sp³-hybridized carbons (Fsp3) is 0.312. The molecule has 0 bridgehead atoms. The van der Waals surface area contributed by atoms with Gasteiger partial charge in [-0.05, 0) is 31.0 Å². The van der Waals surface area contributed by atoms with E-state index < -0.39 is 0 Å². The van der Waals surface area contributed by atoms with Crippen LogP contribution in [0.2, 0.25) is 0 Å². The number of amides is 1. The van der Waals surface area contributed by atoms with Gasteiger partial charge in [-0.25, -0.2) is 0 Å². The third-order valence-electron chi connectivity index (χ3n) is 3.59. The molecule has 3 rings (SSSR count). The quantitative estimate of drug-likeness (QED) is 0.863. The molecule has 1 amide bonds. The lowest BCUT2D eigenvalue weighted by atomic mass is 10.2. The Hall–Kier alpha value is -1.68. The van der Waals surface area contributed by atoms with Gasteiger partial charge < -0.3 is 9.32 Å². The van der Waals surface area contributed by atoms with Crippen LogP contribution < -0.4 is 0 Å². The van der Waals surface area contributed by atoms with Crippen molar-refractivity contribution in [3.63, 3.8) is 0 Å². The zero-order valence-electron chi connectivity index (χ0n) is 11.6. The van der Waals surface area contributed by atoms with Gasteiger partial charge in [0.25, 0.3) is 0 Å². The Morgan fingerprint density at radius 1 is 1.30 bits per heavy atom. The highest BCUT2D eigenvalue weighted by Gasteiger charge is 2.35. The second kappa shape index (κ2) is 5.37. The zero-order chi connectivity index (χ0) is 14.1. The zero-order valence-corrected chi connectivity index (χ0v) is 12.4. The number of aryl methyl sites for hydroxylation is 2. The van der Waals surface area contributed by atoms with Crippen LogP contribution in [0.4, 0.5) is 0 Å². The third-order valence-corrected chi connectivity index (χ3v) is 4.81. The van der Waals surface area contributed by atoms with Crippen LogP contribution >= 0.6 is 11.8 Å². The molecule has 0 aliphatic carbocycles. The molecule has 2 heterocycles. The standard InChI is InChI=1S/C16H17NO2S/c1-11-8-14(19-12(11)2)16-17(15(18)10-20-16)9-13-6-4-3-5-7-13/h3-8,16H,9-10H2,1-2H3. The second-order valence-corrected chi connectivity index (χ2v) is 6.13. The Balaban J connectivity index is 1.85. The van der Waals surface area contributed by atoms with Crippen LogP contribution in [0.3, 0.4) is 0 Å². The Morgan fingerprint density at radius 2 is 2.05 bits per heavy atom. The highest BCUT2D eigenvalue weighted by atomic mass is 32.2. The number of rotatable bonds is 3. The molecule has 1 saturated heterocycles. The molecule has 0 saturated carbocycles. The SMILES string of the molecule is Cc1cc(C2SCC(=O)N2Cc2ccccc2)oc1C. The molecule has 0 N–H and O–H groups in total. The van der Waals surface area contributed by atoms with Gasteiger partial charge in [-0.3, -0.25) is 4.79 Å². The van der Waals surface area contributed by atoms with Gasteiger partial charge in [0.05, 0.1) is 5.75 Å². The lowest BCUT2D eigenvalue weighted by Crippen LogP contribution is -2.27. The fourth-order valence-electron chi connectivity index (χ4n) is 2.36. The summed E-state index contributed by atoms with van der Waals surface area (Å²) >= 11 is 1.64. The van der Waals surface area contributed by atoms with Crippen LogP contribution in [0, 0.1) is 13.8 Å². The average molecular weight is 287 g/mol. The topological polar surface area (TPSA) is 33.5 Å². The lowest BCUT2D eigenvalue weighted by Gasteiger charge is -2.22. The number of hydrogen-bond acceptors (Lipinski definition) is 3. The Bertz CT molecular complexity index is 601. The van der Waals surface area contributed by atoms with Crippen LogP contribution in [0.25, 0.3) is 0 Å².